The van der Waals surface area contributed by atoms with Gasteiger partial charge in [0, 0.05) is 10.6 Å². The van der Waals surface area contributed by atoms with Gasteiger partial charge in [0.15, 0.2) is 0 Å². The number of oxazole rings is 1. The number of hydrogen-bond donors (Lipinski definition) is 1. The number of halogens is 1. The van der Waals surface area contributed by atoms with Crippen LogP contribution in [0.5, 0.6) is 0 Å². The van der Waals surface area contributed by atoms with Crippen molar-refractivity contribution in [2.75, 3.05) is 0 Å². The Bertz CT molecular complexity index is 1070. The highest BCUT2D eigenvalue weighted by Gasteiger charge is 2.19. The normalized spacial score (nSPS) is 11.1. The number of aliphatic carboxylic acids is 1. The lowest BCUT2D eigenvalue weighted by atomic mass is 10.1. The molecule has 2 aromatic heterocycles. The molecule has 0 saturated carbocycles. The minimum absolute atomic E-state index is 0.266. The lowest BCUT2D eigenvalue weighted by Crippen LogP contribution is -2.00. The first kappa shape index (κ1) is 15.4. The van der Waals surface area contributed by atoms with Gasteiger partial charge >= 0.3 is 12.0 Å². The smallest absolute Gasteiger partial charge is 0.311 e. The predicted molar refractivity (Wildman–Crippen MR) is 92.9 cm³/mol. The molecule has 0 bridgehead atoms. The van der Waals surface area contributed by atoms with Crippen molar-refractivity contribution < 1.29 is 14.3 Å². The minimum atomic E-state index is -0.992. The van der Waals surface area contributed by atoms with Crippen molar-refractivity contribution in [3.8, 4) is 17.3 Å². The zero-order chi connectivity index (χ0) is 17.4. The number of fused-ring (bicyclic) bond motifs is 1. The Morgan fingerprint density at radius 3 is 2.68 bits per heavy atom. The highest BCUT2D eigenvalue weighted by Crippen LogP contribution is 2.28. The van der Waals surface area contributed by atoms with Gasteiger partial charge < -0.3 is 9.52 Å². The van der Waals surface area contributed by atoms with Crippen LogP contribution in [0, 0.1) is 0 Å². The molecule has 6 nitrogen and oxygen atoms in total. The van der Waals surface area contributed by atoms with Gasteiger partial charge in [-0.3, -0.25) is 9.36 Å². The molecule has 0 radical (unpaired) electrons. The number of hydrogen-bond acceptors (Lipinski definition) is 4. The molecule has 0 atom stereocenters. The fraction of sp³-hybridized carbons (Fsp3) is 0.0556. The fourth-order valence-electron chi connectivity index (χ4n) is 2.64. The first-order valence-corrected chi connectivity index (χ1v) is 7.89. The van der Waals surface area contributed by atoms with E-state index in [4.69, 9.17) is 21.1 Å². The molecule has 1 N–H and O–H groups in total. The van der Waals surface area contributed by atoms with E-state index in [0.717, 1.165) is 16.6 Å². The van der Waals surface area contributed by atoms with Gasteiger partial charge in [0.25, 0.3) is 0 Å². The lowest BCUT2D eigenvalue weighted by molar-refractivity contribution is -0.136. The molecule has 0 saturated heterocycles. The number of rotatable bonds is 4. The third kappa shape index (κ3) is 2.88. The summed E-state index contributed by atoms with van der Waals surface area (Å²) in [5, 5.41) is 9.76. The van der Waals surface area contributed by atoms with E-state index in [1.54, 1.807) is 35.2 Å². The van der Waals surface area contributed by atoms with E-state index in [0.29, 0.717) is 10.7 Å². The van der Waals surface area contributed by atoms with Crippen LogP contribution in [0.4, 0.5) is 0 Å². The zero-order valence-electron chi connectivity index (χ0n) is 12.9. The monoisotopic (exact) mass is 353 g/mol. The van der Waals surface area contributed by atoms with Gasteiger partial charge in [0.2, 0.25) is 0 Å². The third-order valence-electron chi connectivity index (χ3n) is 3.78. The molecule has 4 rings (SSSR count). The summed E-state index contributed by atoms with van der Waals surface area (Å²) in [4.78, 5) is 20.0. The number of imidazole rings is 1. The van der Waals surface area contributed by atoms with Crippen LogP contribution in [0.2, 0.25) is 5.02 Å². The Morgan fingerprint density at radius 1 is 1.16 bits per heavy atom. The molecule has 0 amide bonds. The Hall–Kier alpha value is -3.12. The quantitative estimate of drug-likeness (QED) is 0.600. The molecule has 0 aliphatic carbocycles. The second kappa shape index (κ2) is 6.07. The van der Waals surface area contributed by atoms with Crippen molar-refractivity contribution in [3.05, 3.63) is 65.6 Å². The Morgan fingerprint density at radius 2 is 1.92 bits per heavy atom. The van der Waals surface area contributed by atoms with E-state index < -0.39 is 5.97 Å². The zero-order valence-corrected chi connectivity index (χ0v) is 13.6. The number of carbonyl (C=O) groups is 1. The maximum atomic E-state index is 11.2. The molecule has 0 spiro atoms. The summed E-state index contributed by atoms with van der Waals surface area (Å²) in [6.45, 7) is 0. The second-order valence-corrected chi connectivity index (χ2v) is 5.89. The summed E-state index contributed by atoms with van der Waals surface area (Å²) >= 11 is 5.92. The molecule has 7 heteroatoms. The summed E-state index contributed by atoms with van der Waals surface area (Å²) in [6.07, 6.45) is 1.34. The van der Waals surface area contributed by atoms with Gasteiger partial charge in [0.05, 0.1) is 11.0 Å². The maximum Gasteiger partial charge on any atom is 0.311 e. The standard InChI is InChI=1S/C18H12ClN3O3/c19-12-7-5-11(6-8-12)17-15(9-16(23)24)25-18(21-17)22-10-20-13-3-1-2-4-14(13)22/h1-8,10H,9H2,(H,23,24). The first-order chi connectivity index (χ1) is 12.1. The van der Waals surface area contributed by atoms with E-state index >= 15 is 0 Å². The van der Waals surface area contributed by atoms with Gasteiger partial charge in [-0.15, -0.1) is 0 Å². The van der Waals surface area contributed by atoms with Crippen LogP contribution >= 0.6 is 11.6 Å². The summed E-state index contributed by atoms with van der Waals surface area (Å²) in [5.74, 6) is -0.712. The molecular weight excluding hydrogens is 342 g/mol. The van der Waals surface area contributed by atoms with Crippen LogP contribution in [-0.4, -0.2) is 25.6 Å². The molecule has 0 aliphatic rings. The number of nitrogens with zero attached hydrogens (tertiary/aromatic N) is 3. The molecule has 2 aromatic carbocycles. The number of benzene rings is 2. The average Bonchev–Trinajstić information content (AvgIpc) is 3.19. The second-order valence-electron chi connectivity index (χ2n) is 5.45. The van der Waals surface area contributed by atoms with Crippen LogP contribution in [0.25, 0.3) is 28.3 Å². The third-order valence-corrected chi connectivity index (χ3v) is 4.03. The Labute approximate surface area is 147 Å². The maximum absolute atomic E-state index is 11.2. The Kier molecular flexibility index (Phi) is 3.74. The minimum Gasteiger partial charge on any atom is -0.481 e. The molecule has 124 valence electrons. The van der Waals surface area contributed by atoms with E-state index in [1.165, 1.54) is 0 Å². The molecule has 0 fully saturated rings. The summed E-state index contributed by atoms with van der Waals surface area (Å²) < 4.78 is 7.46. The lowest BCUT2D eigenvalue weighted by Gasteiger charge is -1.98. The van der Waals surface area contributed by atoms with E-state index in [2.05, 4.69) is 9.97 Å². The first-order valence-electron chi connectivity index (χ1n) is 7.52. The van der Waals surface area contributed by atoms with Crippen molar-refractivity contribution in [2.24, 2.45) is 0 Å². The van der Waals surface area contributed by atoms with Crippen molar-refractivity contribution >= 4 is 28.6 Å². The number of aromatic nitrogens is 3. The molecule has 2 heterocycles. The van der Waals surface area contributed by atoms with Crippen molar-refractivity contribution in [3.63, 3.8) is 0 Å². The number of para-hydroxylation sites is 2. The highest BCUT2D eigenvalue weighted by molar-refractivity contribution is 6.30. The van der Waals surface area contributed by atoms with Gasteiger partial charge in [-0.2, -0.15) is 4.98 Å². The van der Waals surface area contributed by atoms with Gasteiger partial charge in [-0.1, -0.05) is 35.9 Å². The molecular formula is C18H12ClN3O3. The van der Waals surface area contributed by atoms with Crippen molar-refractivity contribution in [1.82, 2.24) is 14.5 Å². The van der Waals surface area contributed by atoms with Crippen molar-refractivity contribution in [2.45, 2.75) is 6.42 Å². The molecule has 25 heavy (non-hydrogen) atoms. The molecule has 4 aromatic rings. The van der Waals surface area contributed by atoms with E-state index in [1.807, 2.05) is 24.3 Å². The Balaban J connectivity index is 1.87. The van der Waals surface area contributed by atoms with Crippen LogP contribution in [0.15, 0.2) is 59.3 Å². The summed E-state index contributed by atoms with van der Waals surface area (Å²) in [5.41, 5.74) is 2.84. The van der Waals surface area contributed by atoms with Gasteiger partial charge in [-0.25, -0.2) is 4.98 Å². The largest absolute Gasteiger partial charge is 0.481 e. The topological polar surface area (TPSA) is 81.1 Å². The van der Waals surface area contributed by atoms with Crippen molar-refractivity contribution in [1.29, 1.82) is 0 Å². The summed E-state index contributed by atoms with van der Waals surface area (Å²) in [6, 6.07) is 14.8. The SMILES string of the molecule is O=C(O)Cc1oc(-n2cnc3ccccc32)nc1-c1ccc(Cl)cc1. The summed E-state index contributed by atoms with van der Waals surface area (Å²) in [7, 11) is 0. The molecule has 0 unspecified atom stereocenters. The average molecular weight is 354 g/mol. The van der Waals surface area contributed by atoms with Gasteiger partial charge in [0.1, 0.15) is 24.2 Å². The van der Waals surface area contributed by atoms with Crippen LogP contribution in [-0.2, 0) is 11.2 Å². The number of carboxylic acids is 1. The van der Waals surface area contributed by atoms with Crippen LogP contribution in [0.3, 0.4) is 0 Å². The van der Waals surface area contributed by atoms with Crippen LogP contribution in [0.1, 0.15) is 5.76 Å². The van der Waals surface area contributed by atoms with E-state index in [9.17, 15) is 4.79 Å². The van der Waals surface area contributed by atoms with E-state index in [-0.39, 0.29) is 18.2 Å². The van der Waals surface area contributed by atoms with Crippen LogP contribution < -0.4 is 0 Å². The predicted octanol–water partition coefficient (Wildman–Crippen LogP) is 3.96. The molecule has 0 aliphatic heterocycles. The van der Waals surface area contributed by atoms with Gasteiger partial charge in [-0.05, 0) is 24.3 Å². The fourth-order valence-corrected chi connectivity index (χ4v) is 2.77. The number of carboxylic acid groups (broad SMARTS) is 1. The highest BCUT2D eigenvalue weighted by atomic mass is 35.5.